The fourth-order valence-electron chi connectivity index (χ4n) is 4.38. The molecule has 34 heavy (non-hydrogen) atoms. The van der Waals surface area contributed by atoms with E-state index in [-0.39, 0.29) is 24.1 Å². The minimum atomic E-state index is -0.750. The van der Waals surface area contributed by atoms with Gasteiger partial charge in [-0.25, -0.2) is 4.79 Å². The number of ether oxygens (including phenoxy) is 1. The predicted molar refractivity (Wildman–Crippen MR) is 135 cm³/mol. The monoisotopic (exact) mass is 467 g/mol. The van der Waals surface area contributed by atoms with E-state index in [1.165, 1.54) is 0 Å². The maximum atomic E-state index is 12.4. The van der Waals surface area contributed by atoms with Gasteiger partial charge in [-0.3, -0.25) is 4.79 Å². The summed E-state index contributed by atoms with van der Waals surface area (Å²) < 4.78 is 5.31. The second kappa shape index (κ2) is 10.6. The number of carbonyl (C=O) groups excluding carboxylic acids is 2. The zero-order valence-corrected chi connectivity index (χ0v) is 21.0. The number of hydrogen-bond donors (Lipinski definition) is 3. The lowest BCUT2D eigenvalue weighted by Crippen LogP contribution is -2.45. The summed E-state index contributed by atoms with van der Waals surface area (Å²) in [4.78, 5) is 26.5. The molecule has 0 bridgehead atoms. The minimum Gasteiger partial charge on any atom is -0.447 e. The lowest BCUT2D eigenvalue weighted by molar-refractivity contribution is -0.117. The van der Waals surface area contributed by atoms with Crippen LogP contribution in [-0.4, -0.2) is 41.4 Å². The predicted octanol–water partition coefficient (Wildman–Crippen LogP) is 4.53. The van der Waals surface area contributed by atoms with Crippen molar-refractivity contribution in [2.45, 2.75) is 78.3 Å². The molecule has 0 saturated carbocycles. The molecule has 3 rings (SSSR count). The normalized spacial score (nSPS) is 17.9. The van der Waals surface area contributed by atoms with E-state index in [1.54, 1.807) is 25.7 Å². The molecule has 2 atom stereocenters. The summed E-state index contributed by atoms with van der Waals surface area (Å²) in [5, 5.41) is 16.1. The SMILES string of the molecule is CC(=O)N1c2ccc(-c3ccc(CNCC(C)(C)O)cc3)cc2[C@H](NC(=O)OC(C)C)C[C@@H]1C. The first kappa shape index (κ1) is 25.7. The van der Waals surface area contributed by atoms with Gasteiger partial charge in [-0.2, -0.15) is 0 Å². The molecule has 184 valence electrons. The number of amides is 2. The van der Waals surface area contributed by atoms with Crippen LogP contribution >= 0.6 is 0 Å². The van der Waals surface area contributed by atoms with Crippen molar-refractivity contribution < 1.29 is 19.4 Å². The summed E-state index contributed by atoms with van der Waals surface area (Å²) in [6, 6.07) is 14.0. The summed E-state index contributed by atoms with van der Waals surface area (Å²) in [5.41, 5.74) is 4.15. The Morgan fingerprint density at radius 1 is 1.15 bits per heavy atom. The molecule has 0 spiro atoms. The number of hydrogen-bond acceptors (Lipinski definition) is 5. The van der Waals surface area contributed by atoms with Gasteiger partial charge in [0.15, 0.2) is 0 Å². The Hall–Kier alpha value is -2.90. The summed E-state index contributed by atoms with van der Waals surface area (Å²) in [7, 11) is 0. The average molecular weight is 468 g/mol. The highest BCUT2D eigenvalue weighted by atomic mass is 16.6. The van der Waals surface area contributed by atoms with Gasteiger partial charge in [0.2, 0.25) is 5.91 Å². The Bertz CT molecular complexity index is 1010. The van der Waals surface area contributed by atoms with Gasteiger partial charge in [0.05, 0.1) is 17.7 Å². The molecule has 2 aromatic carbocycles. The highest BCUT2D eigenvalue weighted by Crippen LogP contribution is 2.39. The summed E-state index contributed by atoms with van der Waals surface area (Å²) in [6.07, 6.45) is -0.0607. The summed E-state index contributed by atoms with van der Waals surface area (Å²) in [6.45, 7) is 11.9. The van der Waals surface area contributed by atoms with Gasteiger partial charge >= 0.3 is 6.09 Å². The van der Waals surface area contributed by atoms with E-state index in [0.29, 0.717) is 19.5 Å². The van der Waals surface area contributed by atoms with Crippen molar-refractivity contribution in [3.05, 3.63) is 53.6 Å². The van der Waals surface area contributed by atoms with Crippen LogP contribution in [0.4, 0.5) is 10.5 Å². The van der Waals surface area contributed by atoms with Crippen molar-refractivity contribution >= 4 is 17.7 Å². The number of nitrogens with zero attached hydrogens (tertiary/aromatic N) is 1. The number of rotatable bonds is 7. The van der Waals surface area contributed by atoms with E-state index < -0.39 is 11.7 Å². The van der Waals surface area contributed by atoms with Crippen LogP contribution in [0.15, 0.2) is 42.5 Å². The second-order valence-corrected chi connectivity index (χ2v) is 10.0. The zero-order valence-electron chi connectivity index (χ0n) is 21.0. The average Bonchev–Trinajstić information content (AvgIpc) is 2.72. The number of benzene rings is 2. The van der Waals surface area contributed by atoms with Crippen LogP contribution in [-0.2, 0) is 16.1 Å². The number of aliphatic hydroxyl groups is 1. The van der Waals surface area contributed by atoms with Crippen molar-refractivity contribution in [1.82, 2.24) is 10.6 Å². The highest BCUT2D eigenvalue weighted by Gasteiger charge is 2.33. The molecule has 0 radical (unpaired) electrons. The lowest BCUT2D eigenvalue weighted by atomic mass is 9.89. The molecular weight excluding hydrogens is 430 g/mol. The fourth-order valence-corrected chi connectivity index (χ4v) is 4.38. The Labute approximate surface area is 202 Å². The quantitative estimate of drug-likeness (QED) is 0.556. The van der Waals surface area contributed by atoms with Gasteiger partial charge in [-0.05, 0) is 75.4 Å². The molecule has 2 amide bonds. The molecule has 1 aliphatic rings. The molecule has 3 N–H and O–H groups in total. The van der Waals surface area contributed by atoms with Crippen molar-refractivity contribution in [3.63, 3.8) is 0 Å². The van der Waals surface area contributed by atoms with Crippen molar-refractivity contribution in [1.29, 1.82) is 0 Å². The number of alkyl carbamates (subject to hydrolysis) is 1. The third-order valence-electron chi connectivity index (χ3n) is 5.83. The Morgan fingerprint density at radius 3 is 2.38 bits per heavy atom. The van der Waals surface area contributed by atoms with E-state index in [4.69, 9.17) is 4.74 Å². The van der Waals surface area contributed by atoms with Gasteiger partial charge in [-0.15, -0.1) is 0 Å². The van der Waals surface area contributed by atoms with Crippen LogP contribution < -0.4 is 15.5 Å². The molecule has 2 aromatic rings. The molecule has 0 aliphatic carbocycles. The fraction of sp³-hybridized carbons (Fsp3) is 0.481. The van der Waals surface area contributed by atoms with Crippen molar-refractivity contribution in [3.8, 4) is 11.1 Å². The molecular formula is C27H37N3O4. The van der Waals surface area contributed by atoms with E-state index in [1.807, 2.05) is 32.9 Å². The van der Waals surface area contributed by atoms with Gasteiger partial charge in [-0.1, -0.05) is 30.3 Å². The van der Waals surface area contributed by atoms with E-state index >= 15 is 0 Å². The Kier molecular flexibility index (Phi) is 8.00. The maximum Gasteiger partial charge on any atom is 0.407 e. The maximum absolute atomic E-state index is 12.4. The molecule has 7 heteroatoms. The van der Waals surface area contributed by atoms with Gasteiger partial charge in [0.1, 0.15) is 0 Å². The van der Waals surface area contributed by atoms with Crippen molar-refractivity contribution in [2.75, 3.05) is 11.4 Å². The summed E-state index contributed by atoms with van der Waals surface area (Å²) in [5.74, 6) is -0.0207. The van der Waals surface area contributed by atoms with Crippen LogP contribution in [0.25, 0.3) is 11.1 Å². The first-order valence-electron chi connectivity index (χ1n) is 11.9. The second-order valence-electron chi connectivity index (χ2n) is 10.0. The van der Waals surface area contributed by atoms with Crippen LogP contribution in [0.3, 0.4) is 0 Å². The van der Waals surface area contributed by atoms with E-state index in [0.717, 1.165) is 27.9 Å². The third kappa shape index (κ3) is 6.58. The molecule has 0 aromatic heterocycles. The molecule has 0 saturated heterocycles. The topological polar surface area (TPSA) is 90.9 Å². The third-order valence-corrected chi connectivity index (χ3v) is 5.83. The molecule has 0 unspecified atom stereocenters. The molecule has 0 fully saturated rings. The number of carbonyl (C=O) groups is 2. The van der Waals surface area contributed by atoms with Crippen LogP contribution in [0.1, 0.15) is 65.1 Å². The van der Waals surface area contributed by atoms with Gasteiger partial charge < -0.3 is 25.4 Å². The smallest absolute Gasteiger partial charge is 0.407 e. The van der Waals surface area contributed by atoms with E-state index in [2.05, 4.69) is 41.0 Å². The van der Waals surface area contributed by atoms with Crippen LogP contribution in [0.5, 0.6) is 0 Å². The molecule has 1 heterocycles. The van der Waals surface area contributed by atoms with Gasteiger partial charge in [0.25, 0.3) is 0 Å². The Morgan fingerprint density at radius 2 is 1.79 bits per heavy atom. The first-order valence-corrected chi connectivity index (χ1v) is 11.9. The van der Waals surface area contributed by atoms with Gasteiger partial charge in [0, 0.05) is 31.7 Å². The van der Waals surface area contributed by atoms with Crippen LogP contribution in [0.2, 0.25) is 0 Å². The number of nitrogens with one attached hydrogen (secondary N) is 2. The number of anilines is 1. The van der Waals surface area contributed by atoms with Crippen LogP contribution in [0, 0.1) is 0 Å². The lowest BCUT2D eigenvalue weighted by Gasteiger charge is -2.39. The zero-order chi connectivity index (χ0) is 25.0. The van der Waals surface area contributed by atoms with Crippen molar-refractivity contribution in [2.24, 2.45) is 0 Å². The highest BCUT2D eigenvalue weighted by molar-refractivity contribution is 5.94. The minimum absolute atomic E-state index is 0.0207. The standard InChI is InChI=1S/C27H37N3O4/c1-17(2)34-26(32)29-24-13-18(3)30(19(4)31)25-12-11-22(14-23(24)25)21-9-7-20(8-10-21)15-28-16-27(5,6)33/h7-12,14,17-18,24,28,33H,13,15-16H2,1-6H3,(H,29,32)/t18-,24+/m0/s1. The summed E-state index contributed by atoms with van der Waals surface area (Å²) >= 11 is 0. The first-order chi connectivity index (χ1) is 15.9. The number of fused-ring (bicyclic) bond motifs is 1. The largest absolute Gasteiger partial charge is 0.447 e. The molecule has 1 aliphatic heterocycles. The van der Waals surface area contributed by atoms with E-state index in [9.17, 15) is 14.7 Å². The molecule has 7 nitrogen and oxygen atoms in total. The Balaban J connectivity index is 1.86.